The second kappa shape index (κ2) is 35.7. The average molecular weight is 1930 g/mol. The van der Waals surface area contributed by atoms with E-state index in [0.717, 1.165) is 196 Å². The number of hydrogen-bond donors (Lipinski definition) is 4. The molecule has 752 valence electrons. The van der Waals surface area contributed by atoms with Gasteiger partial charge in [-0.25, -0.2) is 19.9 Å². The van der Waals surface area contributed by atoms with Gasteiger partial charge in [-0.3, -0.25) is 0 Å². The summed E-state index contributed by atoms with van der Waals surface area (Å²) in [5, 5.41) is 0. The van der Waals surface area contributed by atoms with E-state index in [2.05, 4.69) is 525 Å². The first-order valence-electron chi connectivity index (χ1n) is 53.2. The molecule has 9 nitrogen and oxygen atoms in total. The van der Waals surface area contributed by atoms with Gasteiger partial charge in [-0.1, -0.05) is 376 Å². The Hall–Kier alpha value is -13.0. The zero-order chi connectivity index (χ0) is 106. The fraction of sp³-hybridized carbons (Fsp3) is 0.372. The Morgan fingerprint density at radius 3 is 0.452 bits per heavy atom. The van der Waals surface area contributed by atoms with E-state index in [1.165, 1.54) is 72.3 Å². The van der Waals surface area contributed by atoms with Gasteiger partial charge in [0.2, 0.25) is 0 Å². The number of benzene rings is 7. The maximum absolute atomic E-state index is 6.29. The molecule has 0 saturated carbocycles. The van der Waals surface area contributed by atoms with Gasteiger partial charge in [0.1, 0.15) is 0 Å². The van der Waals surface area contributed by atoms with Crippen molar-refractivity contribution in [2.45, 2.75) is 335 Å². The molecule has 7 aromatic carbocycles. The van der Waals surface area contributed by atoms with Gasteiger partial charge in [-0.2, -0.15) is 0 Å². The number of hydrogen-bond acceptors (Lipinski definition) is 4. The highest BCUT2D eigenvalue weighted by atomic mass is 15.0. The van der Waals surface area contributed by atoms with Crippen molar-refractivity contribution >= 4 is 92.7 Å². The van der Waals surface area contributed by atoms with E-state index in [0.29, 0.717) is 0 Å². The fourth-order valence-corrected chi connectivity index (χ4v) is 21.2. The molecule has 18 rings (SSSR count). The zero-order valence-corrected chi connectivity index (χ0v) is 95.2. The Morgan fingerprint density at radius 2 is 0.308 bits per heavy atom. The average Bonchev–Trinajstić information content (AvgIpc) is 1.57. The van der Waals surface area contributed by atoms with Crippen molar-refractivity contribution < 1.29 is 0 Å². The van der Waals surface area contributed by atoms with Crippen LogP contribution in [0.5, 0.6) is 0 Å². The number of H-pyrrole nitrogens is 4. The van der Waals surface area contributed by atoms with Gasteiger partial charge < -0.3 is 24.5 Å². The van der Waals surface area contributed by atoms with Crippen molar-refractivity contribution in [3.05, 3.63) is 311 Å². The molecule has 146 heavy (non-hydrogen) atoms. The summed E-state index contributed by atoms with van der Waals surface area (Å²) in [5.74, 6) is 0. The lowest BCUT2D eigenvalue weighted by molar-refractivity contribution is 0.568. The van der Waals surface area contributed by atoms with E-state index in [-0.39, 0.29) is 65.0 Å². The highest BCUT2D eigenvalue weighted by Gasteiger charge is 2.35. The number of fused-ring (bicyclic) bond motifs is 16. The monoisotopic (exact) mass is 1930 g/mol. The molecule has 0 spiro atoms. The molecule has 0 unspecified atom stereocenters. The van der Waals surface area contributed by atoms with Crippen LogP contribution in [0, 0.1) is 20.8 Å². The lowest BCUT2D eigenvalue weighted by Crippen LogP contribution is -2.16. The summed E-state index contributed by atoms with van der Waals surface area (Å²) < 4.78 is 2.56. The summed E-state index contributed by atoms with van der Waals surface area (Å²) in [6.07, 6.45) is 18.3. The second-order valence-electron chi connectivity index (χ2n) is 55.0. The smallest absolute Gasteiger partial charge is 0.0752 e. The van der Waals surface area contributed by atoms with E-state index in [9.17, 15) is 0 Å². The van der Waals surface area contributed by atoms with Crippen LogP contribution in [0.15, 0.2) is 182 Å². The minimum Gasteiger partial charge on any atom is -0.354 e. The summed E-state index contributed by atoms with van der Waals surface area (Å²) in [6.45, 7) is 91.0. The maximum atomic E-state index is 6.29. The molecule has 0 saturated heterocycles. The second-order valence-corrected chi connectivity index (χ2v) is 55.0. The molecule has 0 aliphatic carbocycles. The molecular weight excluding hydrogens is 1770 g/mol. The molecule has 0 amide bonds. The molecule has 4 aliphatic rings. The van der Waals surface area contributed by atoms with Crippen molar-refractivity contribution in [1.29, 1.82) is 0 Å². The van der Waals surface area contributed by atoms with Crippen LogP contribution in [0.25, 0.3) is 188 Å². The molecule has 16 bridgehead atoms. The normalized spacial score (nSPS) is 13.7. The summed E-state index contributed by atoms with van der Waals surface area (Å²) in [7, 11) is 0. The molecular formula is C137H159N9. The Labute approximate surface area is 872 Å². The van der Waals surface area contributed by atoms with Gasteiger partial charge in [0.05, 0.1) is 73.7 Å². The summed E-state index contributed by atoms with van der Waals surface area (Å²) >= 11 is 0. The van der Waals surface area contributed by atoms with Gasteiger partial charge in [0.15, 0.2) is 0 Å². The Kier molecular flexibility index (Phi) is 25.2. The van der Waals surface area contributed by atoms with Crippen molar-refractivity contribution in [1.82, 2.24) is 44.4 Å². The van der Waals surface area contributed by atoms with Crippen LogP contribution >= 0.6 is 0 Å². The zero-order valence-electron chi connectivity index (χ0n) is 95.2. The number of aromatic nitrogens is 9. The third-order valence-corrected chi connectivity index (χ3v) is 30.5. The van der Waals surface area contributed by atoms with Crippen LogP contribution in [0.2, 0.25) is 0 Å². The van der Waals surface area contributed by atoms with Crippen LogP contribution < -0.4 is 0 Å². The first-order valence-corrected chi connectivity index (χ1v) is 53.2. The third kappa shape index (κ3) is 20.1. The lowest BCUT2D eigenvalue weighted by atomic mass is 9.78. The Balaban J connectivity index is 1.05. The van der Waals surface area contributed by atoms with Crippen molar-refractivity contribution in [2.24, 2.45) is 0 Å². The Morgan fingerprint density at radius 1 is 0.171 bits per heavy atom. The van der Waals surface area contributed by atoms with E-state index in [1.807, 2.05) is 0 Å². The number of nitrogens with zero attached hydrogens (tertiary/aromatic N) is 5. The first-order chi connectivity index (χ1) is 67.6. The van der Waals surface area contributed by atoms with Gasteiger partial charge >= 0.3 is 0 Å². The number of rotatable bonds is 9. The topological polar surface area (TPSA) is 120 Å². The molecule has 9 heteroatoms. The van der Waals surface area contributed by atoms with Crippen molar-refractivity contribution in [3.63, 3.8) is 0 Å². The van der Waals surface area contributed by atoms with Crippen molar-refractivity contribution in [2.75, 3.05) is 0 Å². The number of aromatic amines is 4. The van der Waals surface area contributed by atoms with E-state index in [4.69, 9.17) is 19.9 Å². The van der Waals surface area contributed by atoms with Gasteiger partial charge in [0.25, 0.3) is 0 Å². The van der Waals surface area contributed by atoms with Crippen LogP contribution in [0.4, 0.5) is 0 Å². The number of aryl methyl sites for hydroxylation is 3. The summed E-state index contributed by atoms with van der Waals surface area (Å²) in [5.41, 5.74) is 47.4. The summed E-state index contributed by atoms with van der Waals surface area (Å²) in [4.78, 5) is 42.0. The molecule has 0 radical (unpaired) electrons. The minimum absolute atomic E-state index is 0.175. The van der Waals surface area contributed by atoms with Gasteiger partial charge in [-0.05, 0) is 306 Å². The standard InChI is InChI=1S/C137H159N9/c1-78-58-79(2)125(80(3)59-78)146-115(123-111-52-48-107(142-111)119(83-64-91(130(16,17)18)74-92(65-83)131(19,20)21)103-44-40-99(138-103)117(81-60-87(126(4,5)6)72-88(61-81)127(7,8)9)100-41-45-104(139-100)120(108-49-53-112(123)143-108)84-66-93(132(22,23)24)75-94(67-84)133(25,26)27)56-57-116(146)124-113-54-50-109(144-113)121(85-68-95(134(28,29)30)76-96(69-85)135(31,32)33)105-46-42-101(140-105)118(82-62-89(128(10,11)12)73-90(63-82)129(13,14)15)102-43-47-106(141-102)122(110-51-55-114(124)145-110)86-70-97(136(34,35)36)77-98(71-86)137(37,38)39/h40-77,138,140,143,145H,1-39H3. The van der Waals surface area contributed by atoms with Crippen LogP contribution in [0.1, 0.15) is 378 Å². The molecule has 7 aromatic heterocycles. The quantitative estimate of drug-likeness (QED) is 0.115. The minimum atomic E-state index is -0.212. The van der Waals surface area contributed by atoms with Crippen LogP contribution in [-0.4, -0.2) is 44.4 Å². The molecule has 0 fully saturated rings. The molecule has 0 atom stereocenters. The van der Waals surface area contributed by atoms with Crippen molar-refractivity contribution in [3.8, 4) is 95.0 Å². The SMILES string of the molecule is Cc1cc(C)c(-n2c(-c3c4nc(c(-c5cc(C(C)(C)C)cc(C(C)(C)C)c5)c5ccc([nH]5)c(-c5cc(C(C)(C)C)cc(C(C)(C)C)c5)c5nc(c(-c6cc(C(C)(C)C)cc(C(C)(C)C)c6)c6ccc3[nH]6)C=C5)C=C4)ccc2-c2c3nc(c(-c4cc(C(C)(C)C)cc(C(C)(C)C)c4)c4ccc([nH]4)c(-c4cc(C(C)(C)C)cc(C(C)(C)C)c4)c4nc(c(-c5cc(C(C)(C)C)cc(C(C)(C)C)c5)c5ccc2[nH]5)C=C4)C=C3)c(C)c1. The maximum Gasteiger partial charge on any atom is 0.0752 e. The predicted molar refractivity (Wildman–Crippen MR) is 633 cm³/mol. The summed E-state index contributed by atoms with van der Waals surface area (Å²) in [6, 6.07) is 71.7. The molecule has 4 aliphatic heterocycles. The number of nitrogens with one attached hydrogen (secondary N) is 4. The molecule has 4 N–H and O–H groups in total. The third-order valence-electron chi connectivity index (χ3n) is 30.5. The van der Waals surface area contributed by atoms with Gasteiger partial charge in [-0.15, -0.1) is 0 Å². The molecule has 14 aromatic rings. The highest BCUT2D eigenvalue weighted by molar-refractivity contribution is 6.05. The van der Waals surface area contributed by atoms with Crippen LogP contribution in [-0.2, 0) is 65.0 Å². The highest BCUT2D eigenvalue weighted by Crippen LogP contribution is 2.51. The van der Waals surface area contributed by atoms with Crippen LogP contribution in [0.3, 0.4) is 0 Å². The Bertz CT molecular complexity index is 7380. The molecule has 11 heterocycles. The van der Waals surface area contributed by atoms with E-state index in [1.54, 1.807) is 0 Å². The van der Waals surface area contributed by atoms with E-state index >= 15 is 0 Å². The lowest BCUT2D eigenvalue weighted by Gasteiger charge is -2.26. The van der Waals surface area contributed by atoms with E-state index < -0.39 is 0 Å². The predicted octanol–water partition coefficient (Wildman–Crippen LogP) is 38.2. The van der Waals surface area contributed by atoms with Gasteiger partial charge in [0, 0.05) is 77.6 Å². The first kappa shape index (κ1) is 103. The fourth-order valence-electron chi connectivity index (χ4n) is 21.2. The largest absolute Gasteiger partial charge is 0.354 e.